The van der Waals surface area contributed by atoms with E-state index in [1.165, 1.54) is 11.0 Å². The smallest absolute Gasteiger partial charge is 0.266 e. The zero-order valence-corrected chi connectivity index (χ0v) is 14.4. The quantitative estimate of drug-likeness (QED) is 0.625. The van der Waals surface area contributed by atoms with Crippen LogP contribution in [-0.2, 0) is 9.53 Å². The highest BCUT2D eigenvalue weighted by atomic mass is 35.5. The summed E-state index contributed by atoms with van der Waals surface area (Å²) in [5, 5.41) is 16.7. The molecule has 2 heterocycles. The van der Waals surface area contributed by atoms with Gasteiger partial charge in [-0.3, -0.25) is 4.79 Å². The molecule has 1 saturated heterocycles. The maximum atomic E-state index is 12.2. The van der Waals surface area contributed by atoms with Crippen molar-refractivity contribution in [1.82, 2.24) is 25.6 Å². The molecule has 132 valence electrons. The minimum atomic E-state index is -0.648. The number of halogens is 1. The molecule has 0 radical (unpaired) electrons. The molecule has 9 nitrogen and oxygen atoms in total. The first-order chi connectivity index (χ1) is 12.1. The van der Waals surface area contributed by atoms with Crippen molar-refractivity contribution in [2.45, 2.75) is 13.0 Å². The maximum Gasteiger partial charge on any atom is 0.266 e. The lowest BCUT2D eigenvalue weighted by Gasteiger charge is -2.24. The summed E-state index contributed by atoms with van der Waals surface area (Å²) < 4.78 is 5.29. The van der Waals surface area contributed by atoms with Crippen LogP contribution >= 0.6 is 11.6 Å². The average Bonchev–Trinajstić information content (AvgIpc) is 3.13. The molecule has 1 aliphatic heterocycles. The molecule has 1 fully saturated rings. The molecule has 10 heteroatoms. The Morgan fingerprint density at radius 3 is 2.92 bits per heavy atom. The van der Waals surface area contributed by atoms with Crippen molar-refractivity contribution < 1.29 is 9.53 Å². The summed E-state index contributed by atoms with van der Waals surface area (Å²) in [6.45, 7) is 4.33. The molecular formula is C15H18ClN7O2. The fraction of sp³-hybridized carbons (Fsp3) is 0.400. The molecule has 1 aliphatic rings. The van der Waals surface area contributed by atoms with Crippen LogP contribution in [0.2, 0.25) is 5.02 Å². The number of tetrazole rings is 1. The normalized spacial score (nSPS) is 16.2. The molecule has 0 saturated carbocycles. The fourth-order valence-corrected chi connectivity index (χ4v) is 2.40. The summed E-state index contributed by atoms with van der Waals surface area (Å²) >= 11 is 6.02. The van der Waals surface area contributed by atoms with E-state index in [1.54, 1.807) is 19.1 Å². The van der Waals surface area contributed by atoms with E-state index < -0.39 is 6.04 Å². The number of aromatic nitrogens is 4. The molecule has 0 bridgehead atoms. The molecule has 1 atom stereocenters. The molecule has 0 aliphatic carbocycles. The summed E-state index contributed by atoms with van der Waals surface area (Å²) in [5.41, 5.74) is 3.17. The Hall–Kier alpha value is -2.52. The van der Waals surface area contributed by atoms with Gasteiger partial charge in [-0.1, -0.05) is 34.9 Å². The number of carbonyl (C=O) groups excluding carboxylic acids is 1. The summed E-state index contributed by atoms with van der Waals surface area (Å²) in [5.74, 6) is 0.136. The number of hydrogen-bond donors (Lipinski definition) is 1. The van der Waals surface area contributed by atoms with E-state index in [0.717, 1.165) is 0 Å². The third kappa shape index (κ3) is 4.31. The molecule has 1 aromatic heterocycles. The lowest BCUT2D eigenvalue weighted by molar-refractivity contribution is -0.124. The van der Waals surface area contributed by atoms with Crippen LogP contribution in [0.5, 0.6) is 0 Å². The highest BCUT2D eigenvalue weighted by Crippen LogP contribution is 2.12. The predicted molar refractivity (Wildman–Crippen MR) is 92.7 cm³/mol. The first kappa shape index (κ1) is 17.3. The van der Waals surface area contributed by atoms with Crippen LogP contribution in [-0.4, -0.2) is 58.6 Å². The zero-order valence-electron chi connectivity index (χ0n) is 13.7. The fourth-order valence-electron chi connectivity index (χ4n) is 2.21. The number of nitrogens with zero attached hydrogens (tertiary/aromatic N) is 6. The number of morpholine rings is 1. The van der Waals surface area contributed by atoms with Gasteiger partial charge in [0.1, 0.15) is 0 Å². The van der Waals surface area contributed by atoms with Crippen molar-refractivity contribution in [3.8, 4) is 0 Å². The second-order valence-corrected chi connectivity index (χ2v) is 5.85. The molecule has 1 unspecified atom stereocenters. The zero-order chi connectivity index (χ0) is 17.6. The van der Waals surface area contributed by atoms with Crippen LogP contribution in [0.4, 0.5) is 5.95 Å². The minimum absolute atomic E-state index is 0.353. The Morgan fingerprint density at radius 1 is 1.40 bits per heavy atom. The maximum absolute atomic E-state index is 12.2. The Balaban J connectivity index is 1.59. The number of anilines is 1. The van der Waals surface area contributed by atoms with Gasteiger partial charge in [0.2, 0.25) is 0 Å². The van der Waals surface area contributed by atoms with Gasteiger partial charge in [-0.15, -0.1) is 9.90 Å². The van der Waals surface area contributed by atoms with Gasteiger partial charge in [0.25, 0.3) is 11.9 Å². The lowest BCUT2D eigenvalue weighted by Crippen LogP contribution is -2.37. The van der Waals surface area contributed by atoms with E-state index >= 15 is 0 Å². The molecule has 1 amide bonds. The van der Waals surface area contributed by atoms with E-state index in [4.69, 9.17) is 16.3 Å². The van der Waals surface area contributed by atoms with Gasteiger partial charge in [-0.05, 0) is 18.2 Å². The van der Waals surface area contributed by atoms with Crippen molar-refractivity contribution in [1.29, 1.82) is 0 Å². The molecule has 1 aromatic carbocycles. The molecule has 3 rings (SSSR count). The van der Waals surface area contributed by atoms with Crippen molar-refractivity contribution in [2.75, 3.05) is 31.2 Å². The monoisotopic (exact) mass is 363 g/mol. The van der Waals surface area contributed by atoms with Gasteiger partial charge >= 0.3 is 0 Å². The second-order valence-electron chi connectivity index (χ2n) is 5.44. The first-order valence-electron chi connectivity index (χ1n) is 7.85. The van der Waals surface area contributed by atoms with Crippen molar-refractivity contribution in [3.63, 3.8) is 0 Å². The first-order valence-corrected chi connectivity index (χ1v) is 8.22. The third-order valence-corrected chi connectivity index (χ3v) is 4.07. The number of amides is 1. The van der Waals surface area contributed by atoms with Gasteiger partial charge in [0.15, 0.2) is 6.04 Å². The predicted octanol–water partition coefficient (Wildman–Crippen LogP) is 0.874. The number of rotatable bonds is 5. The largest absolute Gasteiger partial charge is 0.378 e. The SMILES string of the molecule is CC(C(=O)N/N=C/c1ccccc1Cl)n1nnc(N2CCOCC2)n1. The third-order valence-electron chi connectivity index (χ3n) is 3.72. The lowest BCUT2D eigenvalue weighted by atomic mass is 10.2. The van der Waals surface area contributed by atoms with Crippen LogP contribution in [0.25, 0.3) is 0 Å². The molecule has 2 aromatic rings. The van der Waals surface area contributed by atoms with Crippen molar-refractivity contribution >= 4 is 29.7 Å². The summed E-state index contributed by atoms with van der Waals surface area (Å²) in [6, 6.07) is 6.56. The summed E-state index contributed by atoms with van der Waals surface area (Å²) in [7, 11) is 0. The minimum Gasteiger partial charge on any atom is -0.378 e. The standard InChI is InChI=1S/C15H18ClN7O2/c1-11(14(24)18-17-10-12-4-2-3-5-13(12)16)23-20-15(19-21-23)22-6-8-25-9-7-22/h2-5,10-11H,6-9H2,1H3,(H,18,24)/b17-10+. The van der Waals surface area contributed by atoms with Crippen LogP contribution < -0.4 is 10.3 Å². The highest BCUT2D eigenvalue weighted by molar-refractivity contribution is 6.33. The number of hydrogen-bond acceptors (Lipinski definition) is 7. The van der Waals surface area contributed by atoms with Gasteiger partial charge in [0, 0.05) is 23.7 Å². The van der Waals surface area contributed by atoms with Gasteiger partial charge in [-0.2, -0.15) is 5.10 Å². The summed E-state index contributed by atoms with van der Waals surface area (Å²) in [4.78, 5) is 15.4. The van der Waals surface area contributed by atoms with Gasteiger partial charge in [-0.25, -0.2) is 5.43 Å². The Kier molecular flexibility index (Phi) is 5.56. The number of hydrazone groups is 1. The average molecular weight is 364 g/mol. The van der Waals surface area contributed by atoms with Crippen LogP contribution in [0.1, 0.15) is 18.5 Å². The van der Waals surface area contributed by atoms with E-state index in [-0.39, 0.29) is 5.91 Å². The van der Waals surface area contributed by atoms with Crippen molar-refractivity contribution in [2.24, 2.45) is 5.10 Å². The molecule has 25 heavy (non-hydrogen) atoms. The molecule has 0 spiro atoms. The number of benzene rings is 1. The summed E-state index contributed by atoms with van der Waals surface area (Å²) in [6.07, 6.45) is 1.49. The molecule has 1 N–H and O–H groups in total. The van der Waals surface area contributed by atoms with E-state index in [9.17, 15) is 4.79 Å². The molecular weight excluding hydrogens is 346 g/mol. The number of carbonyl (C=O) groups is 1. The van der Waals surface area contributed by atoms with E-state index in [0.29, 0.717) is 42.8 Å². The van der Waals surface area contributed by atoms with Crippen molar-refractivity contribution in [3.05, 3.63) is 34.9 Å². The van der Waals surface area contributed by atoms with E-state index in [1.807, 2.05) is 17.0 Å². The number of nitrogens with one attached hydrogen (secondary N) is 1. The van der Waals surface area contributed by atoms with E-state index in [2.05, 4.69) is 25.9 Å². The van der Waals surface area contributed by atoms with Crippen LogP contribution in [0, 0.1) is 0 Å². The highest BCUT2D eigenvalue weighted by Gasteiger charge is 2.21. The topological polar surface area (TPSA) is 97.5 Å². The Labute approximate surface area is 149 Å². The van der Waals surface area contributed by atoms with Crippen LogP contribution in [0.3, 0.4) is 0 Å². The Bertz CT molecular complexity index is 758. The van der Waals surface area contributed by atoms with Gasteiger partial charge in [0.05, 0.1) is 19.4 Å². The van der Waals surface area contributed by atoms with Crippen LogP contribution in [0.15, 0.2) is 29.4 Å². The van der Waals surface area contributed by atoms with Gasteiger partial charge < -0.3 is 9.64 Å². The second kappa shape index (κ2) is 8.04. The number of ether oxygens (including phenoxy) is 1. The Morgan fingerprint density at radius 2 is 2.16 bits per heavy atom.